The molecule has 1 heterocycles. The Bertz CT molecular complexity index is 719. The number of para-hydroxylation sites is 1. The summed E-state index contributed by atoms with van der Waals surface area (Å²) in [6.07, 6.45) is 7.63. The Morgan fingerprint density at radius 1 is 1.14 bits per heavy atom. The van der Waals surface area contributed by atoms with Gasteiger partial charge in [-0.1, -0.05) is 25.0 Å². The van der Waals surface area contributed by atoms with Crippen LogP contribution in [0.3, 0.4) is 0 Å². The summed E-state index contributed by atoms with van der Waals surface area (Å²) in [6.45, 7) is 3.98. The van der Waals surface area contributed by atoms with Crippen LogP contribution in [0.1, 0.15) is 44.9 Å². The monoisotopic (exact) mass is 413 g/mol. The van der Waals surface area contributed by atoms with Gasteiger partial charge in [0.05, 0.1) is 11.9 Å². The third-order valence-corrected chi connectivity index (χ3v) is 6.14. The lowest BCUT2D eigenvalue weighted by molar-refractivity contribution is -0.121. The van der Waals surface area contributed by atoms with Gasteiger partial charge in [0.1, 0.15) is 5.82 Å². The third-order valence-electron chi connectivity index (χ3n) is 4.96. The first-order valence-corrected chi connectivity index (χ1v) is 11.9. The number of nitrogens with zero attached hydrogens (tertiary/aromatic N) is 2. The maximum absolute atomic E-state index is 14.0. The second-order valence-corrected chi connectivity index (χ2v) is 9.26. The lowest BCUT2D eigenvalue weighted by Gasteiger charge is -2.22. The maximum atomic E-state index is 14.0. The van der Waals surface area contributed by atoms with E-state index in [1.54, 1.807) is 6.07 Å². The van der Waals surface area contributed by atoms with Crippen LogP contribution in [0.15, 0.2) is 24.3 Å². The van der Waals surface area contributed by atoms with Crippen LogP contribution in [0.2, 0.25) is 0 Å². The van der Waals surface area contributed by atoms with Crippen molar-refractivity contribution in [3.05, 3.63) is 30.1 Å². The van der Waals surface area contributed by atoms with Crippen molar-refractivity contribution >= 4 is 21.6 Å². The summed E-state index contributed by atoms with van der Waals surface area (Å²) in [5, 5.41) is 2.89. The smallest absolute Gasteiger partial charge is 0.232 e. The molecule has 1 saturated heterocycles. The van der Waals surface area contributed by atoms with Gasteiger partial charge in [-0.25, -0.2) is 12.8 Å². The van der Waals surface area contributed by atoms with E-state index in [1.807, 2.05) is 0 Å². The zero-order chi connectivity index (χ0) is 20.4. The summed E-state index contributed by atoms with van der Waals surface area (Å²) < 4.78 is 39.0. The van der Waals surface area contributed by atoms with Crippen LogP contribution in [0.5, 0.6) is 0 Å². The number of hydrogen-bond donors (Lipinski definition) is 1. The molecule has 0 radical (unpaired) electrons. The van der Waals surface area contributed by atoms with E-state index in [1.165, 1.54) is 43.9 Å². The summed E-state index contributed by atoms with van der Waals surface area (Å²) in [7, 11) is -3.62. The summed E-state index contributed by atoms with van der Waals surface area (Å²) in [6, 6.07) is 5.76. The molecule has 0 unspecified atom stereocenters. The standard InChI is InChI=1S/C20H32FN3O3S/c1-28(26,27)24(19-11-5-4-10-18(19)21)17-8-12-20(25)22-13-9-16-23-14-6-2-3-7-15-23/h4-5,10-11H,2-3,6-9,12-17H2,1H3,(H,22,25). The largest absolute Gasteiger partial charge is 0.356 e. The molecule has 1 fully saturated rings. The Morgan fingerprint density at radius 2 is 1.82 bits per heavy atom. The van der Waals surface area contributed by atoms with Gasteiger partial charge >= 0.3 is 0 Å². The van der Waals surface area contributed by atoms with Crippen LogP contribution in [-0.4, -0.2) is 58.2 Å². The van der Waals surface area contributed by atoms with Crippen LogP contribution in [0, 0.1) is 5.82 Å². The fourth-order valence-electron chi connectivity index (χ4n) is 3.48. The predicted molar refractivity (Wildman–Crippen MR) is 110 cm³/mol. The predicted octanol–water partition coefficient (Wildman–Crippen LogP) is 2.75. The van der Waals surface area contributed by atoms with Gasteiger partial charge in [0, 0.05) is 19.5 Å². The quantitative estimate of drug-likeness (QED) is 0.599. The van der Waals surface area contributed by atoms with E-state index in [0.717, 1.165) is 36.6 Å². The second-order valence-electron chi connectivity index (χ2n) is 7.35. The van der Waals surface area contributed by atoms with Crippen molar-refractivity contribution in [2.75, 3.05) is 43.3 Å². The van der Waals surface area contributed by atoms with Crippen LogP contribution in [0.4, 0.5) is 10.1 Å². The average Bonchev–Trinajstić information content (AvgIpc) is 2.91. The number of halogens is 1. The summed E-state index contributed by atoms with van der Waals surface area (Å²) >= 11 is 0. The molecule has 1 N–H and O–H groups in total. The van der Waals surface area contributed by atoms with E-state index in [0.29, 0.717) is 13.0 Å². The van der Waals surface area contributed by atoms with E-state index in [-0.39, 0.29) is 24.6 Å². The zero-order valence-corrected chi connectivity index (χ0v) is 17.5. The highest BCUT2D eigenvalue weighted by Gasteiger charge is 2.20. The molecule has 158 valence electrons. The van der Waals surface area contributed by atoms with Crippen molar-refractivity contribution in [1.82, 2.24) is 10.2 Å². The summed E-state index contributed by atoms with van der Waals surface area (Å²) in [5.41, 5.74) is 0.0165. The number of likely N-dealkylation sites (tertiary alicyclic amines) is 1. The molecule has 8 heteroatoms. The number of rotatable bonds is 10. The van der Waals surface area contributed by atoms with Crippen molar-refractivity contribution in [3.8, 4) is 0 Å². The normalized spacial score (nSPS) is 15.8. The Morgan fingerprint density at radius 3 is 2.46 bits per heavy atom. The van der Waals surface area contributed by atoms with Crippen LogP contribution < -0.4 is 9.62 Å². The number of sulfonamides is 1. The third kappa shape index (κ3) is 7.75. The molecule has 1 aliphatic heterocycles. The minimum Gasteiger partial charge on any atom is -0.356 e. The molecule has 0 spiro atoms. The number of anilines is 1. The minimum absolute atomic E-state index is 0.0165. The van der Waals surface area contributed by atoms with E-state index in [9.17, 15) is 17.6 Å². The molecular formula is C20H32FN3O3S. The first kappa shape index (κ1) is 22.6. The van der Waals surface area contributed by atoms with E-state index >= 15 is 0 Å². The molecule has 0 aliphatic carbocycles. The van der Waals surface area contributed by atoms with E-state index < -0.39 is 15.8 Å². The molecule has 1 aliphatic rings. The summed E-state index contributed by atoms with van der Waals surface area (Å²) in [4.78, 5) is 14.5. The van der Waals surface area contributed by atoms with Gasteiger partial charge in [0.25, 0.3) is 0 Å². The first-order valence-electron chi connectivity index (χ1n) is 10.1. The van der Waals surface area contributed by atoms with Crippen LogP contribution >= 0.6 is 0 Å². The van der Waals surface area contributed by atoms with Crippen molar-refractivity contribution in [2.45, 2.75) is 44.9 Å². The zero-order valence-electron chi connectivity index (χ0n) is 16.7. The molecule has 0 bridgehead atoms. The molecule has 28 heavy (non-hydrogen) atoms. The van der Waals surface area contributed by atoms with Gasteiger partial charge < -0.3 is 10.2 Å². The molecule has 0 aromatic heterocycles. The number of benzene rings is 1. The number of nitrogens with one attached hydrogen (secondary N) is 1. The summed E-state index contributed by atoms with van der Waals surface area (Å²) in [5.74, 6) is -0.691. The fourth-order valence-corrected chi connectivity index (χ4v) is 4.45. The lowest BCUT2D eigenvalue weighted by Crippen LogP contribution is -2.33. The number of carbonyl (C=O) groups is 1. The van der Waals surface area contributed by atoms with Gasteiger partial charge in [0.15, 0.2) is 0 Å². The topological polar surface area (TPSA) is 69.7 Å². The highest BCUT2D eigenvalue weighted by atomic mass is 32.2. The van der Waals surface area contributed by atoms with Gasteiger partial charge in [0.2, 0.25) is 15.9 Å². The Balaban J connectivity index is 1.70. The van der Waals surface area contributed by atoms with Crippen molar-refractivity contribution in [3.63, 3.8) is 0 Å². The van der Waals surface area contributed by atoms with Crippen molar-refractivity contribution in [1.29, 1.82) is 0 Å². The minimum atomic E-state index is -3.62. The van der Waals surface area contributed by atoms with Crippen molar-refractivity contribution < 1.29 is 17.6 Å². The van der Waals surface area contributed by atoms with Gasteiger partial charge in [-0.3, -0.25) is 9.10 Å². The van der Waals surface area contributed by atoms with Gasteiger partial charge in [-0.15, -0.1) is 0 Å². The average molecular weight is 414 g/mol. The molecule has 2 rings (SSSR count). The van der Waals surface area contributed by atoms with Crippen LogP contribution in [0.25, 0.3) is 0 Å². The Kier molecular flexibility index (Phi) is 9.18. The molecule has 1 amide bonds. The van der Waals surface area contributed by atoms with Crippen molar-refractivity contribution in [2.24, 2.45) is 0 Å². The number of carbonyl (C=O) groups excluding carboxylic acids is 1. The molecule has 1 aromatic rings. The highest BCUT2D eigenvalue weighted by molar-refractivity contribution is 7.92. The highest BCUT2D eigenvalue weighted by Crippen LogP contribution is 2.21. The fraction of sp³-hybridized carbons (Fsp3) is 0.650. The molecule has 1 aromatic carbocycles. The molecular weight excluding hydrogens is 381 g/mol. The molecule has 0 atom stereocenters. The van der Waals surface area contributed by atoms with E-state index in [2.05, 4.69) is 10.2 Å². The molecule has 6 nitrogen and oxygen atoms in total. The van der Waals surface area contributed by atoms with Gasteiger partial charge in [-0.05, 0) is 57.5 Å². The van der Waals surface area contributed by atoms with Crippen LogP contribution in [-0.2, 0) is 14.8 Å². The van der Waals surface area contributed by atoms with Gasteiger partial charge in [-0.2, -0.15) is 0 Å². The van der Waals surface area contributed by atoms with E-state index in [4.69, 9.17) is 0 Å². The Hall–Kier alpha value is -1.67. The second kappa shape index (κ2) is 11.4. The number of amides is 1. The lowest BCUT2D eigenvalue weighted by atomic mass is 10.2. The Labute approximate surface area is 168 Å². The molecule has 0 saturated carbocycles. The maximum Gasteiger partial charge on any atom is 0.232 e. The SMILES string of the molecule is CS(=O)(=O)N(CCCC(=O)NCCCN1CCCCCC1)c1ccccc1F. The number of hydrogen-bond acceptors (Lipinski definition) is 4. The first-order chi connectivity index (χ1) is 13.4.